The van der Waals surface area contributed by atoms with E-state index in [1.54, 1.807) is 36.5 Å². The van der Waals surface area contributed by atoms with E-state index in [0.717, 1.165) is 12.0 Å². The number of rotatable bonds is 4. The van der Waals surface area contributed by atoms with Gasteiger partial charge in [0.05, 0.1) is 4.47 Å². The Morgan fingerprint density at radius 1 is 1.30 bits per heavy atom. The number of aromatic nitrogens is 1. The molecule has 0 aliphatic rings. The highest BCUT2D eigenvalue weighted by molar-refractivity contribution is 9.10. The maximum atomic E-state index is 12.2. The number of nitrogens with zero attached hydrogens (tertiary/aromatic N) is 2. The minimum atomic E-state index is -0.109. The fraction of sp³-hybridized carbons (Fsp3) is 0.200. The molecular weight excluding hydrogens is 320 g/mol. The van der Waals surface area contributed by atoms with E-state index in [0.29, 0.717) is 16.6 Å². The van der Waals surface area contributed by atoms with Gasteiger partial charge in [0.2, 0.25) is 0 Å². The van der Waals surface area contributed by atoms with Gasteiger partial charge in [-0.15, -0.1) is 0 Å². The van der Waals surface area contributed by atoms with Crippen molar-refractivity contribution < 1.29 is 9.90 Å². The Balaban J connectivity index is 1.99. The summed E-state index contributed by atoms with van der Waals surface area (Å²) in [5, 5.41) is 9.61. The van der Waals surface area contributed by atoms with Crippen LogP contribution in [0.15, 0.2) is 47.2 Å². The van der Waals surface area contributed by atoms with Gasteiger partial charge in [-0.2, -0.15) is 0 Å². The molecule has 1 aromatic carbocycles. The van der Waals surface area contributed by atoms with Crippen LogP contribution in [0, 0.1) is 0 Å². The first-order chi connectivity index (χ1) is 9.58. The molecule has 2 rings (SSSR count). The van der Waals surface area contributed by atoms with E-state index >= 15 is 0 Å². The Kier molecular flexibility index (Phi) is 4.74. The quantitative estimate of drug-likeness (QED) is 0.935. The van der Waals surface area contributed by atoms with E-state index in [9.17, 15) is 9.90 Å². The zero-order valence-corrected chi connectivity index (χ0v) is 12.7. The van der Waals surface area contributed by atoms with Gasteiger partial charge in [0, 0.05) is 31.5 Å². The van der Waals surface area contributed by atoms with Crippen LogP contribution in [-0.4, -0.2) is 34.5 Å². The second-order valence-corrected chi connectivity index (χ2v) is 5.35. The molecule has 0 aliphatic carbocycles. The van der Waals surface area contributed by atoms with Gasteiger partial charge in [-0.1, -0.05) is 0 Å². The van der Waals surface area contributed by atoms with Crippen LogP contribution in [0.1, 0.15) is 15.9 Å². The summed E-state index contributed by atoms with van der Waals surface area (Å²) in [6.45, 7) is 0.611. The average Bonchev–Trinajstić information content (AvgIpc) is 2.48. The number of likely N-dealkylation sites (N-methyl/N-ethyl adjacent to an activating group) is 1. The first-order valence-corrected chi connectivity index (χ1v) is 7.00. The molecule has 1 N–H and O–H groups in total. The lowest BCUT2D eigenvalue weighted by Crippen LogP contribution is -2.28. The van der Waals surface area contributed by atoms with Gasteiger partial charge in [-0.3, -0.25) is 9.78 Å². The summed E-state index contributed by atoms with van der Waals surface area (Å²) >= 11 is 3.20. The molecule has 0 aliphatic heterocycles. The lowest BCUT2D eigenvalue weighted by atomic mass is 10.1. The van der Waals surface area contributed by atoms with Gasteiger partial charge in [0.15, 0.2) is 0 Å². The number of amides is 1. The van der Waals surface area contributed by atoms with Crippen molar-refractivity contribution >= 4 is 21.8 Å². The highest BCUT2D eigenvalue weighted by atomic mass is 79.9. The number of halogens is 1. The van der Waals surface area contributed by atoms with Crippen LogP contribution in [0.4, 0.5) is 0 Å². The monoisotopic (exact) mass is 334 g/mol. The van der Waals surface area contributed by atoms with Crippen LogP contribution >= 0.6 is 15.9 Å². The molecule has 0 spiro atoms. The van der Waals surface area contributed by atoms with Crippen molar-refractivity contribution in [3.05, 3.63) is 58.3 Å². The van der Waals surface area contributed by atoms with Crippen LogP contribution in [0.25, 0.3) is 0 Å². The Hall–Kier alpha value is -1.88. The Bertz CT molecular complexity index is 602. The first-order valence-electron chi connectivity index (χ1n) is 6.21. The van der Waals surface area contributed by atoms with Gasteiger partial charge in [-0.25, -0.2) is 0 Å². The van der Waals surface area contributed by atoms with E-state index in [1.165, 1.54) is 6.07 Å². The Morgan fingerprint density at radius 3 is 2.65 bits per heavy atom. The van der Waals surface area contributed by atoms with E-state index in [4.69, 9.17) is 0 Å². The molecule has 20 heavy (non-hydrogen) atoms. The standard InChI is InChI=1S/C15H15BrN2O2/c1-18(9-6-11-4-7-17-8-5-11)15(20)12-2-3-13(16)14(19)10-12/h2-5,7-8,10,19H,6,9H2,1H3. The SMILES string of the molecule is CN(CCc1ccncc1)C(=O)c1ccc(Br)c(O)c1. The highest BCUT2D eigenvalue weighted by Crippen LogP contribution is 2.24. The van der Waals surface area contributed by atoms with Gasteiger partial charge in [-0.05, 0) is 58.2 Å². The summed E-state index contributed by atoms with van der Waals surface area (Å²) in [5.41, 5.74) is 1.61. The van der Waals surface area contributed by atoms with Gasteiger partial charge in [0.1, 0.15) is 5.75 Å². The molecule has 1 aromatic heterocycles. The number of hydrogen-bond donors (Lipinski definition) is 1. The van der Waals surface area contributed by atoms with Crippen molar-refractivity contribution in [1.29, 1.82) is 0 Å². The lowest BCUT2D eigenvalue weighted by Gasteiger charge is -2.17. The molecule has 2 aromatic rings. The molecule has 4 nitrogen and oxygen atoms in total. The van der Waals surface area contributed by atoms with Crippen LogP contribution in [-0.2, 0) is 6.42 Å². The van der Waals surface area contributed by atoms with Gasteiger partial charge >= 0.3 is 0 Å². The summed E-state index contributed by atoms with van der Waals surface area (Å²) in [6, 6.07) is 8.69. The topological polar surface area (TPSA) is 53.4 Å². The lowest BCUT2D eigenvalue weighted by molar-refractivity contribution is 0.0796. The number of hydrogen-bond acceptors (Lipinski definition) is 3. The number of phenols is 1. The fourth-order valence-electron chi connectivity index (χ4n) is 1.81. The predicted octanol–water partition coefficient (Wildman–Crippen LogP) is 2.86. The average molecular weight is 335 g/mol. The summed E-state index contributed by atoms with van der Waals surface area (Å²) in [7, 11) is 1.75. The van der Waals surface area contributed by atoms with Crippen molar-refractivity contribution in [2.75, 3.05) is 13.6 Å². The van der Waals surface area contributed by atoms with E-state index in [2.05, 4.69) is 20.9 Å². The van der Waals surface area contributed by atoms with E-state index in [1.807, 2.05) is 12.1 Å². The molecule has 5 heteroatoms. The Labute approximate surface area is 126 Å². The van der Waals surface area contributed by atoms with Crippen molar-refractivity contribution in [1.82, 2.24) is 9.88 Å². The molecule has 1 amide bonds. The zero-order chi connectivity index (χ0) is 14.5. The minimum Gasteiger partial charge on any atom is -0.507 e. The van der Waals surface area contributed by atoms with Gasteiger partial charge < -0.3 is 10.0 Å². The van der Waals surface area contributed by atoms with Crippen LogP contribution < -0.4 is 0 Å². The first kappa shape index (κ1) is 14.5. The molecule has 0 unspecified atom stereocenters. The third-order valence-electron chi connectivity index (χ3n) is 3.03. The molecule has 1 heterocycles. The highest BCUT2D eigenvalue weighted by Gasteiger charge is 2.13. The summed E-state index contributed by atoms with van der Waals surface area (Å²) < 4.78 is 0.577. The van der Waals surface area contributed by atoms with Crippen molar-refractivity contribution in [3.63, 3.8) is 0 Å². The van der Waals surface area contributed by atoms with Crippen molar-refractivity contribution in [2.24, 2.45) is 0 Å². The number of benzene rings is 1. The number of aromatic hydroxyl groups is 1. The van der Waals surface area contributed by atoms with Crippen LogP contribution in [0.2, 0.25) is 0 Å². The third kappa shape index (κ3) is 3.57. The van der Waals surface area contributed by atoms with Crippen molar-refractivity contribution in [2.45, 2.75) is 6.42 Å². The zero-order valence-electron chi connectivity index (χ0n) is 11.1. The molecule has 104 valence electrons. The summed E-state index contributed by atoms with van der Waals surface area (Å²) in [5.74, 6) is -0.0414. The maximum Gasteiger partial charge on any atom is 0.253 e. The van der Waals surface area contributed by atoms with E-state index < -0.39 is 0 Å². The second kappa shape index (κ2) is 6.52. The molecule has 0 fully saturated rings. The summed E-state index contributed by atoms with van der Waals surface area (Å²) in [6.07, 6.45) is 4.25. The molecular formula is C15H15BrN2O2. The smallest absolute Gasteiger partial charge is 0.253 e. The largest absolute Gasteiger partial charge is 0.507 e. The van der Waals surface area contributed by atoms with Crippen LogP contribution in [0.5, 0.6) is 5.75 Å². The predicted molar refractivity (Wildman–Crippen MR) is 80.7 cm³/mol. The van der Waals surface area contributed by atoms with Crippen LogP contribution in [0.3, 0.4) is 0 Å². The minimum absolute atomic E-state index is 0.0679. The maximum absolute atomic E-state index is 12.2. The molecule has 0 atom stereocenters. The molecule has 0 saturated heterocycles. The Morgan fingerprint density at radius 2 is 2.00 bits per heavy atom. The van der Waals surface area contributed by atoms with Crippen molar-refractivity contribution in [3.8, 4) is 5.75 Å². The number of phenolic OH excluding ortho intramolecular Hbond substituents is 1. The number of carbonyl (C=O) groups excluding carboxylic acids is 1. The fourth-order valence-corrected chi connectivity index (χ4v) is 2.06. The molecule has 0 saturated carbocycles. The molecule has 0 radical (unpaired) electrons. The normalized spacial score (nSPS) is 10.3. The van der Waals surface area contributed by atoms with Gasteiger partial charge in [0.25, 0.3) is 5.91 Å². The molecule has 0 bridgehead atoms. The third-order valence-corrected chi connectivity index (χ3v) is 3.70. The number of pyridine rings is 1. The second-order valence-electron chi connectivity index (χ2n) is 4.50. The summed E-state index contributed by atoms with van der Waals surface area (Å²) in [4.78, 5) is 17.8. The van der Waals surface area contributed by atoms with E-state index in [-0.39, 0.29) is 11.7 Å². The number of carbonyl (C=O) groups is 1.